The van der Waals surface area contributed by atoms with Gasteiger partial charge in [-0.3, -0.25) is 9.59 Å². The van der Waals surface area contributed by atoms with Crippen LogP contribution in [0, 0.1) is 5.92 Å². The molecule has 0 spiro atoms. The molecule has 1 aliphatic rings. The summed E-state index contributed by atoms with van der Waals surface area (Å²) in [7, 11) is 0. The SMILES string of the molecule is CCC[C@]1(CC)OC(OC(C)=O)[C@H](OC(C)=O)[C@@H]1C. The van der Waals surface area contributed by atoms with E-state index in [1.165, 1.54) is 13.8 Å². The van der Waals surface area contributed by atoms with Gasteiger partial charge in [-0.1, -0.05) is 27.2 Å². The summed E-state index contributed by atoms with van der Waals surface area (Å²) < 4.78 is 16.4. The van der Waals surface area contributed by atoms with Crippen LogP contribution in [-0.4, -0.2) is 29.9 Å². The van der Waals surface area contributed by atoms with Gasteiger partial charge in [0.05, 0.1) is 5.60 Å². The van der Waals surface area contributed by atoms with Crippen molar-refractivity contribution in [2.45, 2.75) is 71.9 Å². The van der Waals surface area contributed by atoms with E-state index in [9.17, 15) is 9.59 Å². The molecule has 0 aliphatic carbocycles. The molecule has 5 heteroatoms. The average Bonchev–Trinajstić information content (AvgIpc) is 2.54. The molecular formula is C14H24O5. The van der Waals surface area contributed by atoms with Crippen LogP contribution >= 0.6 is 0 Å². The van der Waals surface area contributed by atoms with Crippen LogP contribution in [0.1, 0.15) is 53.9 Å². The maximum Gasteiger partial charge on any atom is 0.305 e. The summed E-state index contributed by atoms with van der Waals surface area (Å²) >= 11 is 0. The molecule has 110 valence electrons. The number of carbonyl (C=O) groups excluding carboxylic acids is 2. The zero-order chi connectivity index (χ0) is 14.6. The molecule has 5 nitrogen and oxygen atoms in total. The topological polar surface area (TPSA) is 61.8 Å². The van der Waals surface area contributed by atoms with Gasteiger partial charge in [0.2, 0.25) is 6.29 Å². The smallest absolute Gasteiger partial charge is 0.305 e. The third-order valence-corrected chi connectivity index (χ3v) is 3.80. The van der Waals surface area contributed by atoms with Crippen LogP contribution in [0.4, 0.5) is 0 Å². The van der Waals surface area contributed by atoms with Crippen molar-refractivity contribution in [1.29, 1.82) is 0 Å². The molecule has 1 unspecified atom stereocenters. The zero-order valence-corrected chi connectivity index (χ0v) is 12.4. The lowest BCUT2D eigenvalue weighted by atomic mass is 9.81. The van der Waals surface area contributed by atoms with Gasteiger partial charge in [0, 0.05) is 19.8 Å². The lowest BCUT2D eigenvalue weighted by Crippen LogP contribution is -2.37. The minimum Gasteiger partial charge on any atom is -0.455 e. The largest absolute Gasteiger partial charge is 0.455 e. The van der Waals surface area contributed by atoms with Crippen LogP contribution in [0.5, 0.6) is 0 Å². The van der Waals surface area contributed by atoms with E-state index in [1.54, 1.807) is 0 Å². The Labute approximate surface area is 114 Å². The van der Waals surface area contributed by atoms with E-state index in [1.807, 2.05) is 13.8 Å². The predicted molar refractivity (Wildman–Crippen MR) is 69.3 cm³/mol. The highest BCUT2D eigenvalue weighted by atomic mass is 16.7. The van der Waals surface area contributed by atoms with E-state index in [-0.39, 0.29) is 11.9 Å². The Morgan fingerprint density at radius 2 is 1.74 bits per heavy atom. The fourth-order valence-electron chi connectivity index (χ4n) is 2.84. The van der Waals surface area contributed by atoms with E-state index in [0.717, 1.165) is 19.3 Å². The van der Waals surface area contributed by atoms with Gasteiger partial charge in [-0.05, 0) is 12.8 Å². The maximum absolute atomic E-state index is 11.2. The van der Waals surface area contributed by atoms with Crippen molar-refractivity contribution >= 4 is 11.9 Å². The molecule has 0 amide bonds. The van der Waals surface area contributed by atoms with Crippen LogP contribution in [-0.2, 0) is 23.8 Å². The zero-order valence-electron chi connectivity index (χ0n) is 12.4. The van der Waals surface area contributed by atoms with Gasteiger partial charge in [-0.25, -0.2) is 0 Å². The molecule has 1 rings (SSSR count). The van der Waals surface area contributed by atoms with Crippen molar-refractivity contribution in [2.24, 2.45) is 5.92 Å². The highest BCUT2D eigenvalue weighted by Gasteiger charge is 2.54. The van der Waals surface area contributed by atoms with E-state index >= 15 is 0 Å². The average molecular weight is 272 g/mol. The summed E-state index contributed by atoms with van der Waals surface area (Å²) in [6.07, 6.45) is 1.26. The summed E-state index contributed by atoms with van der Waals surface area (Å²) in [4.78, 5) is 22.4. The number of esters is 2. The molecule has 0 aromatic rings. The van der Waals surface area contributed by atoms with Gasteiger partial charge in [0.1, 0.15) is 0 Å². The van der Waals surface area contributed by atoms with Gasteiger partial charge in [-0.15, -0.1) is 0 Å². The van der Waals surface area contributed by atoms with Gasteiger partial charge in [0.25, 0.3) is 0 Å². The van der Waals surface area contributed by atoms with Crippen molar-refractivity contribution in [3.05, 3.63) is 0 Å². The lowest BCUT2D eigenvalue weighted by Gasteiger charge is -2.31. The summed E-state index contributed by atoms with van der Waals surface area (Å²) in [5.74, 6) is -0.829. The molecule has 0 aromatic carbocycles. The second-order valence-corrected chi connectivity index (χ2v) is 5.13. The van der Waals surface area contributed by atoms with Crippen LogP contribution < -0.4 is 0 Å². The van der Waals surface area contributed by atoms with E-state index < -0.39 is 24.0 Å². The summed E-state index contributed by atoms with van der Waals surface area (Å²) in [5.41, 5.74) is -0.394. The molecule has 19 heavy (non-hydrogen) atoms. The van der Waals surface area contributed by atoms with E-state index in [4.69, 9.17) is 14.2 Å². The van der Waals surface area contributed by atoms with Gasteiger partial charge in [-0.2, -0.15) is 0 Å². The van der Waals surface area contributed by atoms with Crippen LogP contribution in [0.25, 0.3) is 0 Å². The highest BCUT2D eigenvalue weighted by molar-refractivity contribution is 5.67. The van der Waals surface area contributed by atoms with Crippen molar-refractivity contribution < 1.29 is 23.8 Å². The third kappa shape index (κ3) is 3.47. The number of rotatable bonds is 5. The Kier molecular flexibility index (Phi) is 5.35. The normalized spacial score (nSPS) is 34.1. The van der Waals surface area contributed by atoms with Gasteiger partial charge < -0.3 is 14.2 Å². The van der Waals surface area contributed by atoms with Crippen LogP contribution in [0.2, 0.25) is 0 Å². The quantitative estimate of drug-likeness (QED) is 0.719. The molecule has 0 aromatic heterocycles. The summed E-state index contributed by atoms with van der Waals surface area (Å²) in [5, 5.41) is 0. The fourth-order valence-corrected chi connectivity index (χ4v) is 2.84. The molecule has 0 saturated carbocycles. The van der Waals surface area contributed by atoms with Crippen molar-refractivity contribution in [3.63, 3.8) is 0 Å². The van der Waals surface area contributed by atoms with Crippen molar-refractivity contribution in [1.82, 2.24) is 0 Å². The first-order valence-corrected chi connectivity index (χ1v) is 6.88. The molecule has 1 aliphatic heterocycles. The predicted octanol–water partition coefficient (Wildman–Crippen LogP) is 2.42. The standard InChI is InChI=1S/C14H24O5/c1-6-8-14(7-2)9(3)12(17-10(4)15)13(19-14)18-11(5)16/h9,12-13H,6-8H2,1-5H3/t9-,12+,13?,14-/m0/s1. The Morgan fingerprint density at radius 3 is 2.16 bits per heavy atom. The first-order chi connectivity index (χ1) is 8.86. The Bertz CT molecular complexity index is 341. The third-order valence-electron chi connectivity index (χ3n) is 3.80. The molecule has 0 radical (unpaired) electrons. The summed E-state index contributed by atoms with van der Waals surface area (Å²) in [6.45, 7) is 8.77. The molecule has 0 N–H and O–H groups in total. The molecule has 4 atom stereocenters. The Morgan fingerprint density at radius 1 is 1.16 bits per heavy atom. The van der Waals surface area contributed by atoms with Gasteiger partial charge in [0.15, 0.2) is 6.10 Å². The lowest BCUT2D eigenvalue weighted by molar-refractivity contribution is -0.205. The first-order valence-electron chi connectivity index (χ1n) is 6.88. The number of hydrogen-bond acceptors (Lipinski definition) is 5. The Balaban J connectivity index is 2.96. The molecule has 0 bridgehead atoms. The Hall–Kier alpha value is -1.10. The minimum atomic E-state index is -0.803. The second-order valence-electron chi connectivity index (χ2n) is 5.13. The van der Waals surface area contributed by atoms with Crippen molar-refractivity contribution in [3.8, 4) is 0 Å². The van der Waals surface area contributed by atoms with E-state index in [0.29, 0.717) is 0 Å². The molecule has 1 saturated heterocycles. The number of hydrogen-bond donors (Lipinski definition) is 0. The van der Waals surface area contributed by atoms with Crippen LogP contribution in [0.15, 0.2) is 0 Å². The monoisotopic (exact) mass is 272 g/mol. The van der Waals surface area contributed by atoms with Crippen LogP contribution in [0.3, 0.4) is 0 Å². The number of ether oxygens (including phenoxy) is 3. The highest BCUT2D eigenvalue weighted by Crippen LogP contribution is 2.43. The fraction of sp³-hybridized carbons (Fsp3) is 0.857. The minimum absolute atomic E-state index is 0.00861. The van der Waals surface area contributed by atoms with Crippen molar-refractivity contribution in [2.75, 3.05) is 0 Å². The van der Waals surface area contributed by atoms with Gasteiger partial charge >= 0.3 is 11.9 Å². The number of carbonyl (C=O) groups is 2. The molecular weight excluding hydrogens is 248 g/mol. The molecule has 1 heterocycles. The first kappa shape index (κ1) is 16.0. The summed E-state index contributed by atoms with van der Waals surface area (Å²) in [6, 6.07) is 0. The second kappa shape index (κ2) is 6.37. The maximum atomic E-state index is 11.2. The van der Waals surface area contributed by atoms with E-state index in [2.05, 4.69) is 6.92 Å². The molecule has 1 fully saturated rings.